The number of nitrogens with zero attached hydrogens (tertiary/aromatic N) is 1. The average Bonchev–Trinajstić information content (AvgIpc) is 2.62. The lowest BCUT2D eigenvalue weighted by molar-refractivity contribution is -0.137. The van der Waals surface area contributed by atoms with E-state index in [1.54, 1.807) is 45.2 Å². The van der Waals surface area contributed by atoms with Crippen molar-refractivity contribution in [1.29, 1.82) is 0 Å². The van der Waals surface area contributed by atoms with Gasteiger partial charge in [-0.25, -0.2) is 0 Å². The molecule has 1 amide bonds. The Morgan fingerprint density at radius 2 is 1.76 bits per heavy atom. The molecule has 0 fully saturated rings. The third kappa shape index (κ3) is 4.79. The number of carbonyl (C=O) groups is 1. The van der Waals surface area contributed by atoms with Crippen molar-refractivity contribution in [3.05, 3.63) is 53.1 Å². The zero-order valence-electron chi connectivity index (χ0n) is 14.8. The number of para-hydroxylation sites is 1. The summed E-state index contributed by atoms with van der Waals surface area (Å²) in [4.78, 5) is 14.1. The molecule has 0 aromatic heterocycles. The average molecular weight is 364 g/mol. The van der Waals surface area contributed by atoms with Gasteiger partial charge in [-0.1, -0.05) is 29.8 Å². The summed E-state index contributed by atoms with van der Waals surface area (Å²) in [5.74, 6) is 1.62. The van der Waals surface area contributed by atoms with E-state index in [0.717, 1.165) is 5.56 Å². The van der Waals surface area contributed by atoms with Crippen LogP contribution in [0.25, 0.3) is 0 Å². The Morgan fingerprint density at radius 3 is 2.40 bits per heavy atom. The van der Waals surface area contributed by atoms with Crippen LogP contribution >= 0.6 is 11.6 Å². The minimum absolute atomic E-state index is 0.144. The standard InChI is InChI=1S/C19H22ClNO4/c1-13(25-16-8-6-5-7-15(16)20)19(22)21(2)12-14-9-10-17(23-3)18(11-14)24-4/h5-11,13H,12H2,1-4H3/t13-/m1/s1. The number of carbonyl (C=O) groups excluding carboxylic acids is 1. The van der Waals surface area contributed by atoms with Crippen LogP contribution in [0.5, 0.6) is 17.2 Å². The van der Waals surface area contributed by atoms with Gasteiger partial charge in [-0.2, -0.15) is 0 Å². The number of hydrogen-bond donors (Lipinski definition) is 0. The molecule has 134 valence electrons. The van der Waals surface area contributed by atoms with Gasteiger partial charge in [0.05, 0.1) is 19.2 Å². The fourth-order valence-corrected chi connectivity index (χ4v) is 2.60. The van der Waals surface area contributed by atoms with E-state index in [4.69, 9.17) is 25.8 Å². The number of rotatable bonds is 7. The zero-order chi connectivity index (χ0) is 18.4. The maximum absolute atomic E-state index is 12.5. The van der Waals surface area contributed by atoms with E-state index >= 15 is 0 Å². The molecule has 0 aliphatic rings. The van der Waals surface area contributed by atoms with Crippen LogP contribution in [0.1, 0.15) is 12.5 Å². The van der Waals surface area contributed by atoms with Crippen LogP contribution < -0.4 is 14.2 Å². The van der Waals surface area contributed by atoms with Gasteiger partial charge in [-0.3, -0.25) is 4.79 Å². The summed E-state index contributed by atoms with van der Waals surface area (Å²) in [6.07, 6.45) is -0.648. The zero-order valence-corrected chi connectivity index (χ0v) is 15.5. The largest absolute Gasteiger partial charge is 0.493 e. The lowest BCUT2D eigenvalue weighted by Crippen LogP contribution is -2.37. The van der Waals surface area contributed by atoms with Gasteiger partial charge >= 0.3 is 0 Å². The molecule has 0 spiro atoms. The number of halogens is 1. The van der Waals surface area contributed by atoms with Gasteiger partial charge in [-0.15, -0.1) is 0 Å². The molecule has 5 nitrogen and oxygen atoms in total. The molecule has 0 radical (unpaired) electrons. The molecule has 6 heteroatoms. The van der Waals surface area contributed by atoms with Gasteiger partial charge in [0.1, 0.15) is 5.75 Å². The van der Waals surface area contributed by atoms with Gasteiger partial charge in [-0.05, 0) is 36.8 Å². The molecular formula is C19H22ClNO4. The molecule has 0 heterocycles. The Balaban J connectivity index is 2.03. The highest BCUT2D eigenvalue weighted by Crippen LogP contribution is 2.28. The van der Waals surface area contributed by atoms with E-state index in [0.29, 0.717) is 28.8 Å². The highest BCUT2D eigenvalue weighted by molar-refractivity contribution is 6.32. The summed E-state index contributed by atoms with van der Waals surface area (Å²) in [5.41, 5.74) is 0.929. The van der Waals surface area contributed by atoms with Gasteiger partial charge in [0.25, 0.3) is 5.91 Å². The first kappa shape index (κ1) is 18.9. The molecule has 25 heavy (non-hydrogen) atoms. The molecular weight excluding hydrogens is 342 g/mol. The Labute approximate surface area is 153 Å². The second-order valence-corrected chi connectivity index (χ2v) is 5.98. The minimum atomic E-state index is -0.648. The molecule has 0 N–H and O–H groups in total. The van der Waals surface area contributed by atoms with Crippen LogP contribution in [-0.2, 0) is 11.3 Å². The maximum Gasteiger partial charge on any atom is 0.263 e. The predicted octanol–water partition coefficient (Wildman–Crippen LogP) is 3.78. The Kier molecular flexibility index (Phi) is 6.53. The first-order chi connectivity index (χ1) is 12.0. The molecule has 0 bridgehead atoms. The maximum atomic E-state index is 12.5. The van der Waals surface area contributed by atoms with Gasteiger partial charge in [0.15, 0.2) is 17.6 Å². The number of ether oxygens (including phenoxy) is 3. The summed E-state index contributed by atoms with van der Waals surface area (Å²) in [6, 6.07) is 12.6. The summed E-state index contributed by atoms with van der Waals surface area (Å²) >= 11 is 6.07. The summed E-state index contributed by atoms with van der Waals surface area (Å²) in [6.45, 7) is 2.13. The molecule has 0 saturated heterocycles. The summed E-state index contributed by atoms with van der Waals surface area (Å²) in [7, 11) is 4.89. The molecule has 2 aromatic rings. The molecule has 2 rings (SSSR count). The molecule has 0 aliphatic carbocycles. The van der Waals surface area contributed by atoms with Crippen molar-refractivity contribution in [1.82, 2.24) is 4.90 Å². The van der Waals surface area contributed by atoms with E-state index in [-0.39, 0.29) is 5.91 Å². The van der Waals surface area contributed by atoms with Crippen LogP contribution in [-0.4, -0.2) is 38.2 Å². The summed E-state index contributed by atoms with van der Waals surface area (Å²) in [5, 5.41) is 0.477. The topological polar surface area (TPSA) is 48.0 Å². The van der Waals surface area contributed by atoms with E-state index in [1.165, 1.54) is 0 Å². The molecule has 0 saturated carbocycles. The number of methoxy groups -OCH3 is 2. The van der Waals surface area contributed by atoms with Crippen LogP contribution in [0.3, 0.4) is 0 Å². The molecule has 2 aromatic carbocycles. The highest BCUT2D eigenvalue weighted by atomic mass is 35.5. The van der Waals surface area contributed by atoms with Crippen molar-refractivity contribution in [2.24, 2.45) is 0 Å². The smallest absolute Gasteiger partial charge is 0.263 e. The number of hydrogen-bond acceptors (Lipinski definition) is 4. The van der Waals surface area contributed by atoms with Crippen molar-refractivity contribution < 1.29 is 19.0 Å². The molecule has 0 aliphatic heterocycles. The lowest BCUT2D eigenvalue weighted by Gasteiger charge is -2.23. The van der Waals surface area contributed by atoms with Gasteiger partial charge in [0.2, 0.25) is 0 Å². The number of benzene rings is 2. The van der Waals surface area contributed by atoms with Crippen LogP contribution in [0.4, 0.5) is 0 Å². The number of likely N-dealkylation sites (N-methyl/N-ethyl adjacent to an activating group) is 1. The Bertz CT molecular complexity index is 735. The van der Waals surface area contributed by atoms with Gasteiger partial charge in [0, 0.05) is 13.6 Å². The Hall–Kier alpha value is -2.40. The van der Waals surface area contributed by atoms with E-state index < -0.39 is 6.10 Å². The third-order valence-electron chi connectivity index (χ3n) is 3.73. The fraction of sp³-hybridized carbons (Fsp3) is 0.316. The minimum Gasteiger partial charge on any atom is -0.493 e. The second-order valence-electron chi connectivity index (χ2n) is 5.57. The Morgan fingerprint density at radius 1 is 1.08 bits per heavy atom. The number of amides is 1. The van der Waals surface area contributed by atoms with Crippen molar-refractivity contribution in [2.45, 2.75) is 19.6 Å². The van der Waals surface area contributed by atoms with Crippen molar-refractivity contribution in [2.75, 3.05) is 21.3 Å². The fourth-order valence-electron chi connectivity index (χ4n) is 2.42. The van der Waals surface area contributed by atoms with Crippen molar-refractivity contribution in [3.8, 4) is 17.2 Å². The van der Waals surface area contributed by atoms with Crippen molar-refractivity contribution in [3.63, 3.8) is 0 Å². The van der Waals surface area contributed by atoms with E-state index in [2.05, 4.69) is 0 Å². The lowest BCUT2D eigenvalue weighted by atomic mass is 10.2. The third-order valence-corrected chi connectivity index (χ3v) is 4.04. The van der Waals surface area contributed by atoms with Crippen LogP contribution in [0, 0.1) is 0 Å². The van der Waals surface area contributed by atoms with Crippen LogP contribution in [0.15, 0.2) is 42.5 Å². The molecule has 1 atom stereocenters. The normalized spacial score (nSPS) is 11.6. The van der Waals surface area contributed by atoms with E-state index in [9.17, 15) is 4.79 Å². The van der Waals surface area contributed by atoms with Crippen molar-refractivity contribution >= 4 is 17.5 Å². The highest BCUT2D eigenvalue weighted by Gasteiger charge is 2.20. The predicted molar refractivity (Wildman–Crippen MR) is 97.6 cm³/mol. The molecule has 0 unspecified atom stereocenters. The summed E-state index contributed by atoms with van der Waals surface area (Å²) < 4.78 is 16.2. The SMILES string of the molecule is COc1ccc(CN(C)C(=O)[C@@H](C)Oc2ccccc2Cl)cc1OC. The van der Waals surface area contributed by atoms with Crippen LogP contribution in [0.2, 0.25) is 5.02 Å². The van der Waals surface area contributed by atoms with Gasteiger partial charge < -0.3 is 19.1 Å². The first-order valence-corrected chi connectivity index (χ1v) is 8.21. The van der Waals surface area contributed by atoms with E-state index in [1.807, 2.05) is 30.3 Å². The second kappa shape index (κ2) is 8.62. The quantitative estimate of drug-likeness (QED) is 0.751. The first-order valence-electron chi connectivity index (χ1n) is 7.83. The monoisotopic (exact) mass is 363 g/mol.